The van der Waals surface area contributed by atoms with Crippen LogP contribution >= 0.6 is 0 Å². The molecule has 3 atom stereocenters. The van der Waals surface area contributed by atoms with Crippen molar-refractivity contribution < 1.29 is 9.47 Å². The zero-order valence-electron chi connectivity index (χ0n) is 12.3. The first-order valence-electron chi connectivity index (χ1n) is 8.28. The highest BCUT2D eigenvalue weighted by molar-refractivity contribution is 5.09. The van der Waals surface area contributed by atoms with Gasteiger partial charge in [-0.3, -0.25) is 0 Å². The van der Waals surface area contributed by atoms with Crippen LogP contribution in [0.2, 0.25) is 0 Å². The summed E-state index contributed by atoms with van der Waals surface area (Å²) >= 11 is 0. The zero-order valence-corrected chi connectivity index (χ0v) is 12.3. The van der Waals surface area contributed by atoms with E-state index >= 15 is 0 Å². The summed E-state index contributed by atoms with van der Waals surface area (Å²) in [5.41, 5.74) is 0.481. The van der Waals surface area contributed by atoms with Gasteiger partial charge in [-0.2, -0.15) is 0 Å². The molecular formula is C16H29NO2. The van der Waals surface area contributed by atoms with Crippen molar-refractivity contribution in [1.29, 1.82) is 0 Å². The van der Waals surface area contributed by atoms with E-state index in [0.717, 1.165) is 32.4 Å². The van der Waals surface area contributed by atoms with Crippen molar-refractivity contribution in [3.63, 3.8) is 0 Å². The van der Waals surface area contributed by atoms with Gasteiger partial charge in [-0.15, -0.1) is 0 Å². The van der Waals surface area contributed by atoms with Gasteiger partial charge in [-0.25, -0.2) is 0 Å². The molecule has 3 rings (SSSR count). The van der Waals surface area contributed by atoms with Crippen LogP contribution in [0.25, 0.3) is 0 Å². The van der Waals surface area contributed by atoms with Gasteiger partial charge in [0.2, 0.25) is 0 Å². The highest BCUT2D eigenvalue weighted by Gasteiger charge is 2.56. The summed E-state index contributed by atoms with van der Waals surface area (Å²) < 4.78 is 11.7. The van der Waals surface area contributed by atoms with Gasteiger partial charge in [0, 0.05) is 24.0 Å². The maximum absolute atomic E-state index is 6.29. The number of ether oxygens (including phenoxy) is 2. The van der Waals surface area contributed by atoms with Gasteiger partial charge < -0.3 is 14.8 Å². The smallest absolute Gasteiger partial charge is 0.0661 e. The SMILES string of the molecule is CCCNC1CC(OCC2CCOC2)C12CCCC2. The summed E-state index contributed by atoms with van der Waals surface area (Å²) in [6, 6.07) is 0.722. The van der Waals surface area contributed by atoms with Crippen molar-refractivity contribution in [2.75, 3.05) is 26.4 Å². The van der Waals surface area contributed by atoms with Crippen molar-refractivity contribution in [1.82, 2.24) is 5.32 Å². The predicted octanol–water partition coefficient (Wildman–Crippen LogP) is 2.74. The summed E-state index contributed by atoms with van der Waals surface area (Å²) in [4.78, 5) is 0. The van der Waals surface area contributed by atoms with Crippen LogP contribution in [0.3, 0.4) is 0 Å². The topological polar surface area (TPSA) is 30.5 Å². The predicted molar refractivity (Wildman–Crippen MR) is 76.3 cm³/mol. The molecule has 2 saturated carbocycles. The van der Waals surface area contributed by atoms with Crippen LogP contribution in [0.5, 0.6) is 0 Å². The minimum atomic E-state index is 0.481. The van der Waals surface area contributed by atoms with Gasteiger partial charge >= 0.3 is 0 Å². The van der Waals surface area contributed by atoms with Gasteiger partial charge in [-0.1, -0.05) is 19.8 Å². The lowest BCUT2D eigenvalue weighted by molar-refractivity contribution is -0.140. The highest BCUT2D eigenvalue weighted by Crippen LogP contribution is 2.54. The van der Waals surface area contributed by atoms with Crippen LogP contribution in [0.15, 0.2) is 0 Å². The van der Waals surface area contributed by atoms with Crippen LogP contribution in [0.4, 0.5) is 0 Å². The monoisotopic (exact) mass is 267 g/mol. The van der Waals surface area contributed by atoms with Crippen LogP contribution < -0.4 is 5.32 Å². The number of rotatable bonds is 6. The lowest BCUT2D eigenvalue weighted by atomic mass is 9.60. The second-order valence-corrected chi connectivity index (χ2v) is 6.73. The van der Waals surface area contributed by atoms with E-state index in [0.29, 0.717) is 17.4 Å². The Kier molecular flexibility index (Phi) is 4.45. The number of nitrogens with one attached hydrogen (secondary N) is 1. The third-order valence-electron chi connectivity index (χ3n) is 5.52. The third-order valence-corrected chi connectivity index (χ3v) is 5.52. The molecule has 1 spiro atoms. The van der Waals surface area contributed by atoms with E-state index < -0.39 is 0 Å². The molecule has 2 aliphatic carbocycles. The maximum Gasteiger partial charge on any atom is 0.0661 e. The Morgan fingerprint density at radius 3 is 2.84 bits per heavy atom. The summed E-state index contributed by atoms with van der Waals surface area (Å²) in [7, 11) is 0. The van der Waals surface area contributed by atoms with Crippen LogP contribution in [-0.4, -0.2) is 38.5 Å². The standard InChI is InChI=1S/C16H29NO2/c1-2-8-17-14-10-15(16(14)6-3-4-7-16)19-12-13-5-9-18-11-13/h13-15,17H,2-12H2,1H3. The van der Waals surface area contributed by atoms with E-state index in [2.05, 4.69) is 12.2 Å². The second-order valence-electron chi connectivity index (χ2n) is 6.73. The van der Waals surface area contributed by atoms with E-state index in [4.69, 9.17) is 9.47 Å². The quantitative estimate of drug-likeness (QED) is 0.802. The van der Waals surface area contributed by atoms with E-state index in [9.17, 15) is 0 Å². The average molecular weight is 267 g/mol. The normalized spacial score (nSPS) is 36.8. The molecule has 0 aromatic carbocycles. The summed E-state index contributed by atoms with van der Waals surface area (Å²) in [5, 5.41) is 3.75. The lowest BCUT2D eigenvalue weighted by Gasteiger charge is -2.54. The van der Waals surface area contributed by atoms with Crippen molar-refractivity contribution in [2.24, 2.45) is 11.3 Å². The molecule has 0 aromatic rings. The molecule has 1 saturated heterocycles. The molecule has 0 amide bonds. The molecule has 3 aliphatic rings. The van der Waals surface area contributed by atoms with Gasteiger partial charge in [0.05, 0.1) is 19.3 Å². The number of hydrogen-bond acceptors (Lipinski definition) is 3. The fourth-order valence-electron chi connectivity index (χ4n) is 4.26. The molecule has 1 heterocycles. The van der Waals surface area contributed by atoms with E-state index in [-0.39, 0.29) is 0 Å². The Morgan fingerprint density at radius 2 is 2.16 bits per heavy atom. The molecule has 110 valence electrons. The van der Waals surface area contributed by atoms with E-state index in [1.165, 1.54) is 44.9 Å². The first-order chi connectivity index (χ1) is 9.35. The van der Waals surface area contributed by atoms with Crippen LogP contribution in [-0.2, 0) is 9.47 Å². The van der Waals surface area contributed by atoms with Crippen molar-refractivity contribution >= 4 is 0 Å². The second kappa shape index (κ2) is 6.11. The van der Waals surface area contributed by atoms with Gasteiger partial charge in [-0.05, 0) is 38.6 Å². The van der Waals surface area contributed by atoms with Gasteiger partial charge in [0.15, 0.2) is 0 Å². The molecule has 0 aromatic heterocycles. The minimum Gasteiger partial charge on any atom is -0.381 e. The zero-order chi connectivity index (χ0) is 13.1. The molecule has 3 nitrogen and oxygen atoms in total. The average Bonchev–Trinajstić information content (AvgIpc) is 3.09. The molecule has 1 N–H and O–H groups in total. The molecule has 3 unspecified atom stereocenters. The molecule has 19 heavy (non-hydrogen) atoms. The summed E-state index contributed by atoms with van der Waals surface area (Å²) in [5.74, 6) is 0.654. The molecule has 0 bridgehead atoms. The van der Waals surface area contributed by atoms with Crippen LogP contribution in [0, 0.1) is 11.3 Å². The molecule has 3 fully saturated rings. The Balaban J connectivity index is 1.50. The summed E-state index contributed by atoms with van der Waals surface area (Å²) in [6.45, 7) is 6.19. The first-order valence-corrected chi connectivity index (χ1v) is 8.28. The maximum atomic E-state index is 6.29. The molecule has 1 aliphatic heterocycles. The minimum absolute atomic E-state index is 0.481. The fraction of sp³-hybridized carbons (Fsp3) is 1.00. The summed E-state index contributed by atoms with van der Waals surface area (Å²) in [6.07, 6.45) is 9.72. The van der Waals surface area contributed by atoms with Gasteiger partial charge in [0.1, 0.15) is 0 Å². The number of hydrogen-bond donors (Lipinski definition) is 1. The molecule has 0 radical (unpaired) electrons. The van der Waals surface area contributed by atoms with Gasteiger partial charge in [0.25, 0.3) is 0 Å². The van der Waals surface area contributed by atoms with Crippen LogP contribution in [0.1, 0.15) is 51.9 Å². The largest absolute Gasteiger partial charge is 0.381 e. The fourth-order valence-corrected chi connectivity index (χ4v) is 4.26. The Morgan fingerprint density at radius 1 is 1.32 bits per heavy atom. The van der Waals surface area contributed by atoms with Crippen molar-refractivity contribution in [2.45, 2.75) is 64.0 Å². The van der Waals surface area contributed by atoms with E-state index in [1.807, 2.05) is 0 Å². The Labute approximate surface area is 117 Å². The Bertz CT molecular complexity index is 282. The Hall–Kier alpha value is -0.120. The molecular weight excluding hydrogens is 238 g/mol. The molecule has 3 heteroatoms. The van der Waals surface area contributed by atoms with Crippen molar-refractivity contribution in [3.05, 3.63) is 0 Å². The van der Waals surface area contributed by atoms with E-state index in [1.54, 1.807) is 0 Å². The lowest BCUT2D eigenvalue weighted by Crippen LogP contribution is -2.63. The highest BCUT2D eigenvalue weighted by atomic mass is 16.5. The first kappa shape index (κ1) is 13.8. The third kappa shape index (κ3) is 2.70. The van der Waals surface area contributed by atoms with Crippen molar-refractivity contribution in [3.8, 4) is 0 Å².